The van der Waals surface area contributed by atoms with Gasteiger partial charge < -0.3 is 9.84 Å². The second-order valence-electron chi connectivity index (χ2n) is 7.95. The Kier molecular flexibility index (Phi) is 7.13. The molecule has 1 aliphatic rings. The normalized spacial score (nSPS) is 16.3. The molecule has 0 aliphatic carbocycles. The third-order valence-corrected chi connectivity index (χ3v) is 6.51. The molecule has 33 heavy (non-hydrogen) atoms. The van der Waals surface area contributed by atoms with Crippen molar-refractivity contribution in [2.45, 2.75) is 44.0 Å². The van der Waals surface area contributed by atoms with Crippen molar-refractivity contribution in [1.29, 1.82) is 0 Å². The van der Waals surface area contributed by atoms with Crippen molar-refractivity contribution < 1.29 is 13.7 Å². The minimum atomic E-state index is -0.434. The molecule has 6 nitrogen and oxygen atoms in total. The van der Waals surface area contributed by atoms with E-state index < -0.39 is 6.04 Å². The Morgan fingerprint density at radius 3 is 2.67 bits per heavy atom. The third kappa shape index (κ3) is 4.95. The van der Waals surface area contributed by atoms with Crippen molar-refractivity contribution in [2.24, 2.45) is 0 Å². The highest BCUT2D eigenvalue weighted by Crippen LogP contribution is 2.38. The number of halogens is 1. The van der Waals surface area contributed by atoms with Gasteiger partial charge in [-0.05, 0) is 49.4 Å². The van der Waals surface area contributed by atoms with Crippen molar-refractivity contribution in [3.63, 3.8) is 0 Å². The molecule has 1 unspecified atom stereocenters. The summed E-state index contributed by atoms with van der Waals surface area (Å²) in [6.45, 7) is 4.65. The average molecular weight is 467 g/mol. The minimum absolute atomic E-state index is 0.142. The standard InChI is InChI=1S/C25H27FN4O2S/c1-4-5-6-14-30-16(2)21(22(27-25(30)31)17-10-12-20(33-3)13-11-17)24-28-23(29-32-24)18-8-7-9-19(26)15-18/h7-13,15,22H,4-6,14H2,1-3H3,(H,27,31). The van der Waals surface area contributed by atoms with E-state index in [2.05, 4.69) is 22.4 Å². The first kappa shape index (κ1) is 23.0. The number of nitrogens with one attached hydrogen (secondary N) is 1. The van der Waals surface area contributed by atoms with Crippen LogP contribution >= 0.6 is 11.8 Å². The molecule has 0 spiro atoms. The van der Waals surface area contributed by atoms with Crippen LogP contribution in [0.25, 0.3) is 17.0 Å². The quantitative estimate of drug-likeness (QED) is 0.312. The summed E-state index contributed by atoms with van der Waals surface area (Å²) < 4.78 is 19.4. The number of benzene rings is 2. The molecule has 0 saturated heterocycles. The molecular weight excluding hydrogens is 439 g/mol. The lowest BCUT2D eigenvalue weighted by molar-refractivity contribution is 0.204. The Morgan fingerprint density at radius 1 is 1.18 bits per heavy atom. The van der Waals surface area contributed by atoms with Gasteiger partial charge in [-0.3, -0.25) is 4.90 Å². The predicted octanol–water partition coefficient (Wildman–Crippen LogP) is 6.29. The van der Waals surface area contributed by atoms with Crippen LogP contribution in [0, 0.1) is 5.82 Å². The topological polar surface area (TPSA) is 71.3 Å². The van der Waals surface area contributed by atoms with Crippen LogP contribution in [0.5, 0.6) is 0 Å². The van der Waals surface area contributed by atoms with E-state index in [0.717, 1.165) is 41.0 Å². The number of thioether (sulfide) groups is 1. The van der Waals surface area contributed by atoms with Crippen LogP contribution in [-0.4, -0.2) is 33.9 Å². The number of allylic oxidation sites excluding steroid dienone is 1. The highest BCUT2D eigenvalue weighted by atomic mass is 32.2. The van der Waals surface area contributed by atoms with Gasteiger partial charge in [-0.1, -0.05) is 49.2 Å². The van der Waals surface area contributed by atoms with E-state index in [4.69, 9.17) is 4.52 Å². The van der Waals surface area contributed by atoms with Gasteiger partial charge in [0, 0.05) is 22.7 Å². The fraction of sp³-hybridized carbons (Fsp3) is 0.320. The smallest absolute Gasteiger partial charge is 0.322 e. The minimum Gasteiger partial charge on any atom is -0.334 e. The number of nitrogens with zero attached hydrogens (tertiary/aromatic N) is 3. The summed E-state index contributed by atoms with van der Waals surface area (Å²) in [6, 6.07) is 13.6. The average Bonchev–Trinajstić information content (AvgIpc) is 3.31. The molecule has 0 bridgehead atoms. The molecule has 1 atom stereocenters. The highest BCUT2D eigenvalue weighted by molar-refractivity contribution is 7.98. The Morgan fingerprint density at radius 2 is 1.97 bits per heavy atom. The monoisotopic (exact) mass is 466 g/mol. The van der Waals surface area contributed by atoms with Crippen LogP contribution in [0.2, 0.25) is 0 Å². The first-order chi connectivity index (χ1) is 16.0. The first-order valence-corrected chi connectivity index (χ1v) is 12.3. The van der Waals surface area contributed by atoms with Crippen LogP contribution in [0.4, 0.5) is 9.18 Å². The van der Waals surface area contributed by atoms with Crippen LogP contribution in [0.15, 0.2) is 63.6 Å². The second-order valence-corrected chi connectivity index (χ2v) is 8.83. The largest absolute Gasteiger partial charge is 0.334 e. The maximum absolute atomic E-state index is 13.7. The second kappa shape index (κ2) is 10.2. The molecular formula is C25H27FN4O2S. The lowest BCUT2D eigenvalue weighted by Crippen LogP contribution is -2.46. The number of hydrogen-bond donors (Lipinski definition) is 1. The van der Waals surface area contributed by atoms with E-state index in [9.17, 15) is 9.18 Å². The molecule has 172 valence electrons. The summed E-state index contributed by atoms with van der Waals surface area (Å²) in [5, 5.41) is 7.21. The Balaban J connectivity index is 1.76. The number of hydrogen-bond acceptors (Lipinski definition) is 5. The first-order valence-electron chi connectivity index (χ1n) is 11.0. The molecule has 0 saturated carbocycles. The summed E-state index contributed by atoms with van der Waals surface area (Å²) in [6.07, 6.45) is 5.03. The van der Waals surface area contributed by atoms with Gasteiger partial charge in [0.15, 0.2) is 0 Å². The molecule has 1 aromatic heterocycles. The summed E-state index contributed by atoms with van der Waals surface area (Å²) in [7, 11) is 0. The number of carbonyl (C=O) groups is 1. The molecule has 1 N–H and O–H groups in total. The van der Waals surface area contributed by atoms with Gasteiger partial charge in [-0.15, -0.1) is 11.8 Å². The third-order valence-electron chi connectivity index (χ3n) is 5.77. The summed E-state index contributed by atoms with van der Waals surface area (Å²) in [5.41, 5.74) is 2.99. The van der Waals surface area contributed by atoms with Gasteiger partial charge in [0.2, 0.25) is 5.82 Å². The SMILES string of the molecule is CCCCCN1C(=O)NC(c2ccc(SC)cc2)C(c2nc(-c3cccc(F)c3)no2)=C1C. The molecule has 3 aromatic rings. The van der Waals surface area contributed by atoms with E-state index in [1.54, 1.807) is 28.8 Å². The molecule has 8 heteroatoms. The zero-order chi connectivity index (χ0) is 23.4. The zero-order valence-corrected chi connectivity index (χ0v) is 19.8. The van der Waals surface area contributed by atoms with Crippen LogP contribution in [-0.2, 0) is 0 Å². The number of amides is 2. The highest BCUT2D eigenvalue weighted by Gasteiger charge is 2.35. The predicted molar refractivity (Wildman–Crippen MR) is 128 cm³/mol. The van der Waals surface area contributed by atoms with E-state index in [1.165, 1.54) is 12.1 Å². The fourth-order valence-corrected chi connectivity index (χ4v) is 4.38. The number of carbonyl (C=O) groups excluding carboxylic acids is 1. The Bertz CT molecular complexity index is 1160. The van der Waals surface area contributed by atoms with Crippen LogP contribution in [0.1, 0.15) is 50.6 Å². The van der Waals surface area contributed by atoms with E-state index in [1.807, 2.05) is 37.4 Å². The van der Waals surface area contributed by atoms with E-state index in [-0.39, 0.29) is 11.8 Å². The van der Waals surface area contributed by atoms with Gasteiger partial charge in [0.1, 0.15) is 5.82 Å². The van der Waals surface area contributed by atoms with Crippen LogP contribution < -0.4 is 5.32 Å². The van der Waals surface area contributed by atoms with E-state index >= 15 is 0 Å². The maximum atomic E-state index is 13.7. The van der Waals surface area contributed by atoms with E-state index in [0.29, 0.717) is 23.8 Å². The van der Waals surface area contributed by atoms with Crippen molar-refractivity contribution in [3.8, 4) is 11.4 Å². The lowest BCUT2D eigenvalue weighted by Gasteiger charge is -2.35. The maximum Gasteiger partial charge on any atom is 0.322 e. The van der Waals surface area contributed by atoms with Crippen molar-refractivity contribution in [2.75, 3.05) is 12.8 Å². The molecule has 2 aromatic carbocycles. The van der Waals surface area contributed by atoms with Crippen molar-refractivity contribution in [1.82, 2.24) is 20.4 Å². The molecule has 4 rings (SSSR count). The number of urea groups is 1. The van der Waals surface area contributed by atoms with Gasteiger partial charge in [0.25, 0.3) is 5.89 Å². The van der Waals surface area contributed by atoms with Crippen molar-refractivity contribution in [3.05, 3.63) is 71.5 Å². The molecule has 2 amide bonds. The Labute approximate surface area is 197 Å². The summed E-state index contributed by atoms with van der Waals surface area (Å²) in [5.74, 6) is 0.245. The van der Waals surface area contributed by atoms with Crippen LogP contribution in [0.3, 0.4) is 0 Å². The zero-order valence-electron chi connectivity index (χ0n) is 19.0. The summed E-state index contributed by atoms with van der Waals surface area (Å²) in [4.78, 5) is 20.5. The molecule has 2 heterocycles. The molecule has 0 radical (unpaired) electrons. The fourth-order valence-electron chi connectivity index (χ4n) is 3.97. The van der Waals surface area contributed by atoms with Gasteiger partial charge in [-0.25, -0.2) is 9.18 Å². The number of unbranched alkanes of at least 4 members (excludes halogenated alkanes) is 2. The molecule has 0 fully saturated rings. The van der Waals surface area contributed by atoms with Crippen molar-refractivity contribution >= 4 is 23.4 Å². The number of aromatic nitrogens is 2. The summed E-state index contributed by atoms with van der Waals surface area (Å²) >= 11 is 1.66. The Hall–Kier alpha value is -3.13. The lowest BCUT2D eigenvalue weighted by atomic mass is 9.94. The van der Waals surface area contributed by atoms with Gasteiger partial charge in [-0.2, -0.15) is 4.98 Å². The van der Waals surface area contributed by atoms with Gasteiger partial charge >= 0.3 is 6.03 Å². The molecule has 1 aliphatic heterocycles. The van der Waals surface area contributed by atoms with Gasteiger partial charge in [0.05, 0.1) is 11.6 Å². The number of rotatable bonds is 8.